The van der Waals surface area contributed by atoms with Crippen LogP contribution in [0.4, 0.5) is 0 Å². The average Bonchev–Trinajstić information content (AvgIpc) is 2.70. The van der Waals surface area contributed by atoms with Crippen molar-refractivity contribution in [2.45, 2.75) is 156 Å². The Morgan fingerprint density at radius 2 is 0.767 bits per heavy atom. The molecule has 0 N–H and O–H groups in total. The van der Waals surface area contributed by atoms with Gasteiger partial charge in [0.05, 0.1) is 0 Å². The van der Waals surface area contributed by atoms with E-state index in [0.29, 0.717) is 0 Å². The summed E-state index contributed by atoms with van der Waals surface area (Å²) < 4.78 is 0. The maximum Gasteiger partial charge on any atom is -0.00194 e. The minimum absolute atomic E-state index is 0. The second kappa shape index (κ2) is 27.3. The second-order valence-corrected chi connectivity index (χ2v) is 10.2. The first-order chi connectivity index (χ1) is 14.2. The number of hydrogen-bond acceptors (Lipinski definition) is 1. The molecule has 30 heavy (non-hydrogen) atoms. The zero-order valence-electron chi connectivity index (χ0n) is 21.7. The van der Waals surface area contributed by atoms with Crippen molar-refractivity contribution in [1.29, 1.82) is 0 Å². The lowest BCUT2D eigenvalue weighted by Gasteiger charge is -2.17. The summed E-state index contributed by atoms with van der Waals surface area (Å²) in [6, 6.07) is 0. The van der Waals surface area contributed by atoms with Crippen molar-refractivity contribution < 1.29 is 0 Å². The molecule has 0 saturated heterocycles. The van der Waals surface area contributed by atoms with Crippen LogP contribution in [-0.2, 0) is 0 Å². The fourth-order valence-electron chi connectivity index (χ4n) is 4.23. The van der Waals surface area contributed by atoms with E-state index in [1.807, 2.05) is 0 Å². The van der Waals surface area contributed by atoms with Crippen LogP contribution in [0, 0.1) is 5.92 Å². The molecule has 0 aliphatic heterocycles. The fraction of sp³-hybridized carbons (Fsp3) is 1.00. The summed E-state index contributed by atoms with van der Waals surface area (Å²) in [5.41, 5.74) is 0. The zero-order chi connectivity index (χ0) is 21.4. The normalized spacial score (nSPS) is 11.4. The fourth-order valence-corrected chi connectivity index (χ4v) is 4.23. The highest BCUT2D eigenvalue weighted by molar-refractivity contribution is 5.85. The van der Waals surface area contributed by atoms with Gasteiger partial charge in [0.2, 0.25) is 0 Å². The lowest BCUT2D eigenvalue weighted by molar-refractivity contribution is 0.302. The van der Waals surface area contributed by atoms with Crippen molar-refractivity contribution in [2.75, 3.05) is 20.1 Å². The summed E-state index contributed by atoms with van der Waals surface area (Å²) in [7, 11) is 2.29. The molecule has 0 bridgehead atoms. The van der Waals surface area contributed by atoms with Gasteiger partial charge in [-0.1, -0.05) is 143 Å². The van der Waals surface area contributed by atoms with E-state index in [9.17, 15) is 0 Å². The molecule has 1 nitrogen and oxygen atoms in total. The minimum atomic E-state index is 0. The topological polar surface area (TPSA) is 3.24 Å². The first-order valence-electron chi connectivity index (χ1n) is 13.8. The summed E-state index contributed by atoms with van der Waals surface area (Å²) in [6.45, 7) is 9.53. The Labute approximate surface area is 199 Å². The Morgan fingerprint density at radius 1 is 0.467 bits per heavy atom. The quantitative estimate of drug-likeness (QED) is 0.133. The summed E-state index contributed by atoms with van der Waals surface area (Å²) in [6.07, 6.45) is 30.7. The summed E-state index contributed by atoms with van der Waals surface area (Å²) >= 11 is 0. The van der Waals surface area contributed by atoms with Gasteiger partial charge in [-0.15, -0.1) is 12.4 Å². The number of unbranched alkanes of at least 4 members (excludes halogenated alkanes) is 19. The van der Waals surface area contributed by atoms with E-state index < -0.39 is 0 Å². The molecule has 0 radical (unpaired) electrons. The van der Waals surface area contributed by atoms with Gasteiger partial charge in [0.15, 0.2) is 0 Å². The Kier molecular flexibility index (Phi) is 29.5. The van der Waals surface area contributed by atoms with Crippen LogP contribution >= 0.6 is 12.4 Å². The third-order valence-electron chi connectivity index (χ3n) is 6.48. The second-order valence-electron chi connectivity index (χ2n) is 10.2. The Hall–Kier alpha value is 0.250. The zero-order valence-corrected chi connectivity index (χ0v) is 22.5. The standard InChI is InChI=1S/C28H59N.ClH/c1-5-6-7-8-9-10-11-12-13-14-15-16-17-18-19-20-21-22-23-24-26-29(4)27-25-28(2)3;/h28H,5-27H2,1-4H3;1H. The highest BCUT2D eigenvalue weighted by atomic mass is 35.5. The van der Waals surface area contributed by atoms with Gasteiger partial charge in [0.25, 0.3) is 0 Å². The van der Waals surface area contributed by atoms with Crippen molar-refractivity contribution in [3.63, 3.8) is 0 Å². The van der Waals surface area contributed by atoms with Crippen molar-refractivity contribution in [3.8, 4) is 0 Å². The molecule has 0 amide bonds. The molecule has 0 aliphatic rings. The molecule has 0 heterocycles. The molecule has 2 heteroatoms. The smallest absolute Gasteiger partial charge is 0.00194 e. The first-order valence-corrected chi connectivity index (χ1v) is 13.8. The molecule has 184 valence electrons. The molecular formula is C28H60ClN. The molecular weight excluding hydrogens is 386 g/mol. The average molecular weight is 446 g/mol. The van der Waals surface area contributed by atoms with Crippen LogP contribution in [0.15, 0.2) is 0 Å². The van der Waals surface area contributed by atoms with E-state index in [1.165, 1.54) is 148 Å². The van der Waals surface area contributed by atoms with E-state index in [-0.39, 0.29) is 12.4 Å². The number of hydrogen-bond donors (Lipinski definition) is 0. The van der Waals surface area contributed by atoms with Gasteiger partial charge < -0.3 is 4.90 Å². The minimum Gasteiger partial charge on any atom is -0.306 e. The molecule has 0 spiro atoms. The predicted octanol–water partition coefficient (Wildman–Crippen LogP) is 10.2. The predicted molar refractivity (Wildman–Crippen MR) is 142 cm³/mol. The van der Waals surface area contributed by atoms with Crippen molar-refractivity contribution in [3.05, 3.63) is 0 Å². The van der Waals surface area contributed by atoms with E-state index in [4.69, 9.17) is 0 Å². The lowest BCUT2D eigenvalue weighted by Crippen LogP contribution is -2.21. The first kappa shape index (κ1) is 32.4. The number of rotatable bonds is 24. The van der Waals surface area contributed by atoms with E-state index in [0.717, 1.165) is 5.92 Å². The third-order valence-corrected chi connectivity index (χ3v) is 6.48. The summed E-state index contributed by atoms with van der Waals surface area (Å²) in [4.78, 5) is 2.52. The van der Waals surface area contributed by atoms with Gasteiger partial charge in [0, 0.05) is 0 Å². The maximum absolute atomic E-state index is 2.52. The van der Waals surface area contributed by atoms with Crippen LogP contribution in [0.3, 0.4) is 0 Å². The van der Waals surface area contributed by atoms with E-state index in [2.05, 4.69) is 32.7 Å². The van der Waals surface area contributed by atoms with Crippen LogP contribution in [0.5, 0.6) is 0 Å². The highest BCUT2D eigenvalue weighted by Crippen LogP contribution is 2.15. The van der Waals surface area contributed by atoms with Crippen LogP contribution < -0.4 is 0 Å². The van der Waals surface area contributed by atoms with Crippen LogP contribution in [0.1, 0.15) is 156 Å². The highest BCUT2D eigenvalue weighted by Gasteiger charge is 2.00. The molecule has 0 aromatic rings. The van der Waals surface area contributed by atoms with Gasteiger partial charge in [-0.25, -0.2) is 0 Å². The van der Waals surface area contributed by atoms with E-state index in [1.54, 1.807) is 0 Å². The van der Waals surface area contributed by atoms with Gasteiger partial charge in [-0.3, -0.25) is 0 Å². The molecule has 0 fully saturated rings. The SMILES string of the molecule is CCCCCCCCCCCCCCCCCCCCCCN(C)CCC(C)C.Cl. The Morgan fingerprint density at radius 3 is 1.07 bits per heavy atom. The molecule has 0 aromatic carbocycles. The van der Waals surface area contributed by atoms with Gasteiger partial charge in [-0.05, 0) is 38.9 Å². The van der Waals surface area contributed by atoms with Gasteiger partial charge >= 0.3 is 0 Å². The molecule has 0 atom stereocenters. The molecule has 0 aromatic heterocycles. The van der Waals surface area contributed by atoms with Gasteiger partial charge in [0.1, 0.15) is 0 Å². The van der Waals surface area contributed by atoms with Crippen LogP contribution in [0.2, 0.25) is 0 Å². The number of halogens is 1. The Bertz CT molecular complexity index is 292. The maximum atomic E-state index is 2.52. The van der Waals surface area contributed by atoms with Crippen LogP contribution in [0.25, 0.3) is 0 Å². The van der Waals surface area contributed by atoms with Gasteiger partial charge in [-0.2, -0.15) is 0 Å². The number of nitrogens with zero attached hydrogens (tertiary/aromatic N) is 1. The Balaban J connectivity index is 0. The van der Waals surface area contributed by atoms with E-state index >= 15 is 0 Å². The van der Waals surface area contributed by atoms with Crippen molar-refractivity contribution in [2.24, 2.45) is 5.92 Å². The van der Waals surface area contributed by atoms with Crippen molar-refractivity contribution in [1.82, 2.24) is 4.90 Å². The monoisotopic (exact) mass is 445 g/mol. The van der Waals surface area contributed by atoms with Crippen molar-refractivity contribution >= 4 is 12.4 Å². The summed E-state index contributed by atoms with van der Waals surface area (Å²) in [5, 5.41) is 0. The molecule has 0 aliphatic carbocycles. The molecule has 0 unspecified atom stereocenters. The largest absolute Gasteiger partial charge is 0.306 e. The third kappa shape index (κ3) is 28.2. The molecule has 0 saturated carbocycles. The van der Waals surface area contributed by atoms with Crippen LogP contribution in [-0.4, -0.2) is 25.0 Å². The lowest BCUT2D eigenvalue weighted by atomic mass is 10.0. The summed E-state index contributed by atoms with van der Waals surface area (Å²) in [5.74, 6) is 0.840. The molecule has 0 rings (SSSR count).